The third kappa shape index (κ3) is 4.81. The molecule has 0 unspecified atom stereocenters. The molecule has 0 heterocycles. The van der Waals surface area contributed by atoms with Crippen LogP contribution < -0.4 is 5.32 Å². The summed E-state index contributed by atoms with van der Waals surface area (Å²) in [5.74, 6) is 1.03. The number of nitrogens with one attached hydrogen (secondary N) is 1. The number of halogens is 3. The monoisotopic (exact) mass is 463 g/mol. The Balaban J connectivity index is 1.86. The van der Waals surface area contributed by atoms with E-state index in [1.54, 1.807) is 0 Å². The zero-order valence-electron chi connectivity index (χ0n) is 10.00. The van der Waals surface area contributed by atoms with Crippen molar-refractivity contribution >= 4 is 65.2 Å². The molecular weight excluding hydrogens is 454 g/mol. The van der Waals surface area contributed by atoms with Gasteiger partial charge in [-0.3, -0.25) is 0 Å². The van der Waals surface area contributed by atoms with E-state index in [9.17, 15) is 0 Å². The highest BCUT2D eigenvalue weighted by Gasteiger charge is 2.06. The van der Waals surface area contributed by atoms with E-state index >= 15 is 0 Å². The Labute approximate surface area is 142 Å². The van der Waals surface area contributed by atoms with Crippen LogP contribution in [0.1, 0.15) is 0 Å². The van der Waals surface area contributed by atoms with E-state index in [2.05, 4.69) is 77.4 Å². The number of anilines is 1. The zero-order valence-corrected chi connectivity index (χ0v) is 15.6. The molecule has 1 N–H and O–H groups in total. The van der Waals surface area contributed by atoms with Gasteiger partial charge < -0.3 is 5.32 Å². The van der Waals surface area contributed by atoms with Crippen molar-refractivity contribution in [3.8, 4) is 0 Å². The van der Waals surface area contributed by atoms with Crippen molar-refractivity contribution in [3.05, 3.63) is 55.9 Å². The fraction of sp³-hybridized carbons (Fsp3) is 0.143. The maximum absolute atomic E-state index is 3.57. The van der Waals surface area contributed by atoms with Gasteiger partial charge in [0, 0.05) is 30.6 Å². The molecule has 0 atom stereocenters. The fourth-order valence-corrected chi connectivity index (χ4v) is 4.90. The number of thioether (sulfide) groups is 1. The minimum atomic E-state index is 0.915. The summed E-state index contributed by atoms with van der Waals surface area (Å²) in [5.41, 5.74) is 1.09. The normalized spacial score (nSPS) is 10.5. The number of rotatable bonds is 5. The van der Waals surface area contributed by atoms with E-state index in [0.717, 1.165) is 31.4 Å². The van der Waals surface area contributed by atoms with Crippen molar-refractivity contribution in [2.45, 2.75) is 4.90 Å². The molecule has 0 aliphatic heterocycles. The molecule has 2 rings (SSSR count). The van der Waals surface area contributed by atoms with Gasteiger partial charge in [0.2, 0.25) is 0 Å². The summed E-state index contributed by atoms with van der Waals surface area (Å²) in [7, 11) is 0. The molecule has 0 amide bonds. The van der Waals surface area contributed by atoms with Gasteiger partial charge in [-0.15, -0.1) is 11.8 Å². The predicted molar refractivity (Wildman–Crippen MR) is 95.2 cm³/mol. The summed E-state index contributed by atoms with van der Waals surface area (Å²) in [6, 6.07) is 14.5. The maximum atomic E-state index is 3.57. The minimum absolute atomic E-state index is 0.915. The lowest BCUT2D eigenvalue weighted by Crippen LogP contribution is -2.05. The molecule has 0 aromatic heterocycles. The van der Waals surface area contributed by atoms with Gasteiger partial charge in [0.25, 0.3) is 0 Å². The predicted octanol–water partition coefficient (Wildman–Crippen LogP) is 6.18. The summed E-state index contributed by atoms with van der Waals surface area (Å²) in [4.78, 5) is 1.30. The van der Waals surface area contributed by atoms with E-state index < -0.39 is 0 Å². The van der Waals surface area contributed by atoms with E-state index in [4.69, 9.17) is 0 Å². The quantitative estimate of drug-likeness (QED) is 0.418. The van der Waals surface area contributed by atoms with Crippen LogP contribution in [-0.4, -0.2) is 12.3 Å². The maximum Gasteiger partial charge on any atom is 0.0630 e. The summed E-state index contributed by atoms with van der Waals surface area (Å²) in [6.07, 6.45) is 0. The van der Waals surface area contributed by atoms with Crippen LogP contribution in [0, 0.1) is 0 Å². The lowest BCUT2D eigenvalue weighted by Gasteiger charge is -2.11. The SMILES string of the molecule is Brc1cc(Br)c(NCCSc2ccccc2)c(Br)c1. The molecule has 0 fully saturated rings. The molecule has 100 valence electrons. The van der Waals surface area contributed by atoms with Gasteiger partial charge in [-0.1, -0.05) is 34.1 Å². The average Bonchev–Trinajstić information content (AvgIpc) is 2.38. The zero-order chi connectivity index (χ0) is 13.7. The van der Waals surface area contributed by atoms with Crippen LogP contribution in [0.4, 0.5) is 5.69 Å². The van der Waals surface area contributed by atoms with Crippen molar-refractivity contribution in [1.82, 2.24) is 0 Å². The highest BCUT2D eigenvalue weighted by molar-refractivity contribution is 9.11. The first-order valence-corrected chi connectivity index (χ1v) is 9.09. The Bertz CT molecular complexity index is 523. The van der Waals surface area contributed by atoms with Crippen molar-refractivity contribution in [1.29, 1.82) is 0 Å². The van der Waals surface area contributed by atoms with E-state index in [-0.39, 0.29) is 0 Å². The van der Waals surface area contributed by atoms with Crippen molar-refractivity contribution in [3.63, 3.8) is 0 Å². The molecule has 0 saturated heterocycles. The second-order valence-corrected chi connectivity index (χ2v) is 7.63. The van der Waals surface area contributed by atoms with Crippen LogP contribution in [0.2, 0.25) is 0 Å². The van der Waals surface area contributed by atoms with Gasteiger partial charge in [0.05, 0.1) is 5.69 Å². The summed E-state index contributed by atoms with van der Waals surface area (Å²) < 4.78 is 3.16. The first-order chi connectivity index (χ1) is 9.16. The molecule has 0 aliphatic carbocycles. The van der Waals surface area contributed by atoms with Gasteiger partial charge in [0.15, 0.2) is 0 Å². The first-order valence-electron chi connectivity index (χ1n) is 5.73. The van der Waals surface area contributed by atoms with Crippen LogP contribution >= 0.6 is 59.6 Å². The lowest BCUT2D eigenvalue weighted by molar-refractivity contribution is 1.21. The van der Waals surface area contributed by atoms with Crippen LogP contribution in [0.5, 0.6) is 0 Å². The van der Waals surface area contributed by atoms with Gasteiger partial charge in [-0.2, -0.15) is 0 Å². The van der Waals surface area contributed by atoms with Crippen molar-refractivity contribution < 1.29 is 0 Å². The standard InChI is InChI=1S/C14H12Br3NS/c15-10-8-12(16)14(13(17)9-10)18-6-7-19-11-4-2-1-3-5-11/h1-5,8-9,18H,6-7H2. The number of hydrogen-bond donors (Lipinski definition) is 1. The molecular formula is C14H12Br3NS. The third-order valence-electron chi connectivity index (χ3n) is 2.42. The molecule has 0 saturated carbocycles. The second kappa shape index (κ2) is 7.72. The first kappa shape index (κ1) is 15.4. The van der Waals surface area contributed by atoms with Crippen molar-refractivity contribution in [2.75, 3.05) is 17.6 Å². The third-order valence-corrected chi connectivity index (χ3v) is 5.15. The highest BCUT2D eigenvalue weighted by atomic mass is 79.9. The average molecular weight is 466 g/mol. The molecule has 0 radical (unpaired) electrons. The van der Waals surface area contributed by atoms with E-state index in [1.165, 1.54) is 4.90 Å². The van der Waals surface area contributed by atoms with Crippen molar-refractivity contribution in [2.24, 2.45) is 0 Å². The molecule has 19 heavy (non-hydrogen) atoms. The van der Waals surface area contributed by atoms with Crippen LogP contribution in [0.3, 0.4) is 0 Å². The molecule has 0 aliphatic rings. The van der Waals surface area contributed by atoms with Gasteiger partial charge in [0.1, 0.15) is 0 Å². The molecule has 1 nitrogen and oxygen atoms in total. The largest absolute Gasteiger partial charge is 0.382 e. The molecule has 0 spiro atoms. The number of benzene rings is 2. The summed E-state index contributed by atoms with van der Waals surface area (Å²) in [6.45, 7) is 0.915. The molecule has 5 heteroatoms. The van der Waals surface area contributed by atoms with Crippen LogP contribution in [0.15, 0.2) is 60.8 Å². The van der Waals surface area contributed by atoms with Gasteiger partial charge in [-0.25, -0.2) is 0 Å². The smallest absolute Gasteiger partial charge is 0.0630 e. The molecule has 0 bridgehead atoms. The highest BCUT2D eigenvalue weighted by Crippen LogP contribution is 2.34. The Morgan fingerprint density at radius 2 is 1.58 bits per heavy atom. The van der Waals surface area contributed by atoms with E-state index in [0.29, 0.717) is 0 Å². The Hall–Kier alpha value is 0.0300. The van der Waals surface area contributed by atoms with Crippen LogP contribution in [0.25, 0.3) is 0 Å². The Morgan fingerprint density at radius 3 is 2.21 bits per heavy atom. The fourth-order valence-electron chi connectivity index (χ4n) is 1.57. The summed E-state index contributed by atoms with van der Waals surface area (Å²) >= 11 is 12.5. The Morgan fingerprint density at radius 1 is 0.947 bits per heavy atom. The van der Waals surface area contributed by atoms with Crippen LogP contribution in [-0.2, 0) is 0 Å². The van der Waals surface area contributed by atoms with Gasteiger partial charge >= 0.3 is 0 Å². The lowest BCUT2D eigenvalue weighted by atomic mass is 10.3. The van der Waals surface area contributed by atoms with Gasteiger partial charge in [-0.05, 0) is 56.1 Å². The second-order valence-electron chi connectivity index (χ2n) is 3.83. The van der Waals surface area contributed by atoms with E-state index in [1.807, 2.05) is 30.0 Å². The minimum Gasteiger partial charge on any atom is -0.382 e. The Kier molecular flexibility index (Phi) is 6.26. The molecule has 2 aromatic carbocycles. The number of hydrogen-bond acceptors (Lipinski definition) is 2. The molecule has 2 aromatic rings. The topological polar surface area (TPSA) is 12.0 Å². The summed E-state index contributed by atoms with van der Waals surface area (Å²) in [5, 5.41) is 3.44.